The molecule has 1 aromatic heterocycles. The molecule has 5 rings (SSSR count). The number of nitrogens with two attached hydrogens (primary N) is 1. The molecule has 2 N–H and O–H groups in total. The zero-order valence-electron chi connectivity index (χ0n) is 18.0. The van der Waals surface area contributed by atoms with Crippen LogP contribution in [0.15, 0.2) is 41.9 Å². The summed E-state index contributed by atoms with van der Waals surface area (Å²) < 4.78 is 11.6. The average molecular weight is 402 g/mol. The Kier molecular flexibility index (Phi) is 4.47. The zero-order chi connectivity index (χ0) is 21.0. The van der Waals surface area contributed by atoms with Crippen molar-refractivity contribution in [2.45, 2.75) is 55.6 Å². The van der Waals surface area contributed by atoms with Crippen molar-refractivity contribution in [2.75, 3.05) is 7.11 Å². The molecule has 1 atom stereocenters. The zero-order valence-corrected chi connectivity index (χ0v) is 18.0. The van der Waals surface area contributed by atoms with Crippen molar-refractivity contribution in [3.63, 3.8) is 0 Å². The van der Waals surface area contributed by atoms with Gasteiger partial charge in [0.15, 0.2) is 0 Å². The largest absolute Gasteiger partial charge is 0.478 e. The summed E-state index contributed by atoms with van der Waals surface area (Å²) in [6.45, 7) is 0. The second kappa shape index (κ2) is 6.84. The lowest BCUT2D eigenvalue weighted by Gasteiger charge is -2.52. The summed E-state index contributed by atoms with van der Waals surface area (Å²) in [4.78, 5) is 13.5. The van der Waals surface area contributed by atoms with E-state index in [1.54, 1.807) is 6.33 Å². The summed E-state index contributed by atoms with van der Waals surface area (Å²) in [5.74, 6) is 0. The fraction of sp³-hybridized carbons (Fsp3) is 0.500. The number of nitrogens with zero attached hydrogens (tertiary/aromatic N) is 3. The Labute approximate surface area is 179 Å². The first-order valence-electron chi connectivity index (χ1n) is 10.8. The standard InChI is InChI=1S/C22H28B2N4O2/c1-29-17-4-6-20(7-5-17)9-15-3-2-14(16-10-26-13-27-11-16)8-18(15)21(20)12-22(23,24)30-19(25)28-21/h2-3,8,10-11,13,17H,4-7,9,12,23-24H2,1H3,(H2,25,28)/t17-,20-,21?. The monoisotopic (exact) mass is 402 g/mol. The van der Waals surface area contributed by atoms with Crippen LogP contribution in [0, 0.1) is 5.41 Å². The molecule has 0 amide bonds. The molecular weight excluding hydrogens is 374 g/mol. The van der Waals surface area contributed by atoms with Gasteiger partial charge in [-0.05, 0) is 54.9 Å². The highest BCUT2D eigenvalue weighted by atomic mass is 16.5. The maximum Gasteiger partial charge on any atom is 0.281 e. The summed E-state index contributed by atoms with van der Waals surface area (Å²) in [6, 6.07) is 7.05. The summed E-state index contributed by atoms with van der Waals surface area (Å²) in [7, 11) is 6.07. The molecule has 2 aliphatic carbocycles. The molecule has 30 heavy (non-hydrogen) atoms. The molecule has 1 saturated carbocycles. The SMILES string of the molecule is BC1(B)CC2(N=C(N)O1)c1cc(-c3cncnc3)ccc1C[C@]21CC[C@@H](OC)CC1. The van der Waals surface area contributed by atoms with Gasteiger partial charge in [0.25, 0.3) is 6.02 Å². The summed E-state index contributed by atoms with van der Waals surface area (Å²) in [5.41, 5.74) is 10.8. The number of rotatable bonds is 2. The fourth-order valence-electron chi connectivity index (χ4n) is 6.16. The maximum atomic E-state index is 6.30. The molecule has 2 spiro atoms. The minimum Gasteiger partial charge on any atom is -0.478 e. The lowest BCUT2D eigenvalue weighted by Crippen LogP contribution is -2.56. The molecule has 0 bridgehead atoms. The van der Waals surface area contributed by atoms with Crippen LogP contribution in [0.3, 0.4) is 0 Å². The van der Waals surface area contributed by atoms with Crippen LogP contribution in [0.5, 0.6) is 0 Å². The minimum absolute atomic E-state index is 0.0435. The first-order chi connectivity index (χ1) is 14.4. The van der Waals surface area contributed by atoms with Crippen LogP contribution in [0.1, 0.15) is 43.2 Å². The molecule has 1 fully saturated rings. The molecule has 1 unspecified atom stereocenters. The van der Waals surface area contributed by atoms with Gasteiger partial charge in [0.05, 0.1) is 11.6 Å². The highest BCUT2D eigenvalue weighted by Crippen LogP contribution is 2.63. The van der Waals surface area contributed by atoms with E-state index in [2.05, 4.69) is 43.9 Å². The van der Waals surface area contributed by atoms with E-state index in [-0.39, 0.29) is 16.4 Å². The molecule has 0 saturated heterocycles. The number of hydrogen-bond acceptors (Lipinski definition) is 6. The Morgan fingerprint density at radius 1 is 1.13 bits per heavy atom. The van der Waals surface area contributed by atoms with Crippen LogP contribution >= 0.6 is 0 Å². The lowest BCUT2D eigenvalue weighted by molar-refractivity contribution is -0.0226. The number of methoxy groups -OCH3 is 1. The number of aliphatic imine (C=N–C) groups is 1. The number of fused-ring (bicyclic) bond motifs is 3. The number of amidine groups is 1. The van der Waals surface area contributed by atoms with Crippen molar-refractivity contribution in [1.29, 1.82) is 0 Å². The molecule has 3 aliphatic rings. The summed E-state index contributed by atoms with van der Waals surface area (Å²) >= 11 is 0. The highest BCUT2D eigenvalue weighted by Gasteiger charge is 2.61. The quantitative estimate of drug-likeness (QED) is 0.762. The fourth-order valence-corrected chi connectivity index (χ4v) is 6.16. The van der Waals surface area contributed by atoms with E-state index in [9.17, 15) is 0 Å². The van der Waals surface area contributed by atoms with E-state index in [1.807, 2.05) is 19.5 Å². The molecule has 1 aromatic carbocycles. The number of ether oxygens (including phenoxy) is 2. The second-order valence-electron chi connectivity index (χ2n) is 9.74. The normalized spacial score (nSPS) is 31.9. The molecule has 1 aliphatic heterocycles. The van der Waals surface area contributed by atoms with E-state index in [1.165, 1.54) is 11.1 Å². The molecule has 154 valence electrons. The van der Waals surface area contributed by atoms with Gasteiger partial charge in [-0.25, -0.2) is 15.0 Å². The smallest absolute Gasteiger partial charge is 0.281 e. The predicted octanol–water partition coefficient (Wildman–Crippen LogP) is 1.13. The van der Waals surface area contributed by atoms with Crippen molar-refractivity contribution in [2.24, 2.45) is 16.1 Å². The van der Waals surface area contributed by atoms with Crippen LogP contribution in [0.25, 0.3) is 11.1 Å². The number of aromatic nitrogens is 2. The predicted molar refractivity (Wildman–Crippen MR) is 122 cm³/mol. The molecule has 6 nitrogen and oxygen atoms in total. The first-order valence-corrected chi connectivity index (χ1v) is 10.8. The van der Waals surface area contributed by atoms with Crippen molar-refractivity contribution in [3.8, 4) is 11.1 Å². The minimum atomic E-state index is -0.376. The van der Waals surface area contributed by atoms with Crippen molar-refractivity contribution >= 4 is 21.7 Å². The van der Waals surface area contributed by atoms with Gasteiger partial charge in [-0.15, -0.1) is 0 Å². The summed E-state index contributed by atoms with van der Waals surface area (Å²) in [6.07, 6.45) is 11.7. The highest BCUT2D eigenvalue weighted by molar-refractivity contribution is 6.39. The Morgan fingerprint density at radius 3 is 2.53 bits per heavy atom. The van der Waals surface area contributed by atoms with E-state index < -0.39 is 0 Å². The molecule has 0 radical (unpaired) electrons. The van der Waals surface area contributed by atoms with Crippen LogP contribution in [-0.4, -0.2) is 50.3 Å². The van der Waals surface area contributed by atoms with Crippen LogP contribution in [-0.2, 0) is 21.4 Å². The molecule has 8 heteroatoms. The van der Waals surface area contributed by atoms with Gasteiger partial charge in [0.1, 0.15) is 22.0 Å². The number of benzene rings is 1. The third-order valence-electron chi connectivity index (χ3n) is 7.44. The Hall–Kier alpha value is -2.34. The Morgan fingerprint density at radius 2 is 1.87 bits per heavy atom. The van der Waals surface area contributed by atoms with Crippen molar-refractivity contribution in [3.05, 3.63) is 48.0 Å². The van der Waals surface area contributed by atoms with Gasteiger partial charge < -0.3 is 15.2 Å². The third kappa shape index (κ3) is 2.96. The second-order valence-corrected chi connectivity index (χ2v) is 9.74. The average Bonchev–Trinajstić information content (AvgIpc) is 2.95. The Bertz CT molecular complexity index is 990. The van der Waals surface area contributed by atoms with E-state index in [4.69, 9.17) is 20.2 Å². The van der Waals surface area contributed by atoms with Gasteiger partial charge in [0, 0.05) is 42.3 Å². The van der Waals surface area contributed by atoms with E-state index in [0.29, 0.717) is 12.1 Å². The van der Waals surface area contributed by atoms with Gasteiger partial charge in [0.2, 0.25) is 0 Å². The van der Waals surface area contributed by atoms with Gasteiger partial charge in [-0.1, -0.05) is 12.1 Å². The van der Waals surface area contributed by atoms with E-state index in [0.717, 1.165) is 49.7 Å². The van der Waals surface area contributed by atoms with Gasteiger partial charge in [-0.2, -0.15) is 0 Å². The van der Waals surface area contributed by atoms with E-state index >= 15 is 0 Å². The van der Waals surface area contributed by atoms with Crippen molar-refractivity contribution in [1.82, 2.24) is 9.97 Å². The molecule has 2 heterocycles. The first kappa shape index (κ1) is 19.6. The maximum absolute atomic E-state index is 6.30. The molecule has 2 aromatic rings. The Balaban J connectivity index is 1.67. The van der Waals surface area contributed by atoms with Crippen molar-refractivity contribution < 1.29 is 9.47 Å². The third-order valence-corrected chi connectivity index (χ3v) is 7.44. The van der Waals surface area contributed by atoms with Gasteiger partial charge in [-0.3, -0.25) is 0 Å². The van der Waals surface area contributed by atoms with Crippen LogP contribution < -0.4 is 5.73 Å². The summed E-state index contributed by atoms with van der Waals surface area (Å²) in [5, 5.41) is -0.371. The lowest BCUT2D eigenvalue weighted by atomic mass is 9.52. The van der Waals surface area contributed by atoms with Crippen LogP contribution in [0.2, 0.25) is 0 Å². The van der Waals surface area contributed by atoms with Crippen LogP contribution in [0.4, 0.5) is 0 Å². The molecular formula is C22H28B2N4O2. The number of hydrogen-bond donors (Lipinski definition) is 1. The van der Waals surface area contributed by atoms with Gasteiger partial charge >= 0.3 is 0 Å². The topological polar surface area (TPSA) is 82.6 Å².